The highest BCUT2D eigenvalue weighted by molar-refractivity contribution is 4.69. The van der Waals surface area contributed by atoms with E-state index in [0.717, 1.165) is 12.8 Å². The lowest BCUT2D eigenvalue weighted by atomic mass is 10.1. The minimum absolute atomic E-state index is 0.0833. The number of nitrogens with two attached hydrogens (primary N) is 3. The highest BCUT2D eigenvalue weighted by atomic mass is 14.7. The molecular weight excluding hydrogens is 114 g/mol. The Hall–Kier alpha value is -0.120. The average molecular weight is 131 g/mol. The Kier molecular flexibility index (Phi) is 4.67. The fourth-order valence-electron chi connectivity index (χ4n) is 0.652. The van der Waals surface area contributed by atoms with Crippen molar-refractivity contribution in [2.75, 3.05) is 6.54 Å². The van der Waals surface area contributed by atoms with Gasteiger partial charge in [-0.1, -0.05) is 6.92 Å². The highest BCUT2D eigenvalue weighted by Crippen LogP contribution is 1.94. The predicted molar refractivity (Wildman–Crippen MR) is 39.9 cm³/mol. The Morgan fingerprint density at radius 2 is 1.78 bits per heavy atom. The van der Waals surface area contributed by atoms with Gasteiger partial charge in [0.05, 0.1) is 0 Å². The monoisotopic (exact) mass is 131 g/mol. The van der Waals surface area contributed by atoms with Gasteiger partial charge in [0.15, 0.2) is 0 Å². The second-order valence-electron chi connectivity index (χ2n) is 2.40. The summed E-state index contributed by atoms with van der Waals surface area (Å²) >= 11 is 0. The lowest BCUT2D eigenvalue weighted by molar-refractivity contribution is 0.516. The van der Waals surface area contributed by atoms with E-state index in [1.165, 1.54) is 0 Å². The molecule has 0 spiro atoms. The average Bonchev–Trinajstić information content (AvgIpc) is 1.87. The van der Waals surface area contributed by atoms with Gasteiger partial charge in [-0.2, -0.15) is 0 Å². The maximum Gasteiger partial charge on any atom is 0.0177 e. The third-order valence-corrected chi connectivity index (χ3v) is 1.43. The summed E-state index contributed by atoms with van der Waals surface area (Å²) in [5.41, 5.74) is 16.5. The summed E-state index contributed by atoms with van der Waals surface area (Å²) in [5.74, 6) is 0. The molecule has 0 bridgehead atoms. The van der Waals surface area contributed by atoms with Crippen LogP contribution in [-0.2, 0) is 0 Å². The summed E-state index contributed by atoms with van der Waals surface area (Å²) in [6.45, 7) is 2.58. The van der Waals surface area contributed by atoms with E-state index in [1.807, 2.05) is 6.92 Å². The zero-order valence-electron chi connectivity index (χ0n) is 6.01. The summed E-state index contributed by atoms with van der Waals surface area (Å²) in [7, 11) is 0. The van der Waals surface area contributed by atoms with Crippen LogP contribution in [0.25, 0.3) is 0 Å². The van der Waals surface area contributed by atoms with Crippen LogP contribution in [0.4, 0.5) is 0 Å². The van der Waals surface area contributed by atoms with Gasteiger partial charge in [0.25, 0.3) is 0 Å². The van der Waals surface area contributed by atoms with Crippen molar-refractivity contribution in [3.63, 3.8) is 0 Å². The van der Waals surface area contributed by atoms with Gasteiger partial charge < -0.3 is 17.2 Å². The third kappa shape index (κ3) is 4.39. The number of rotatable bonds is 4. The van der Waals surface area contributed by atoms with Crippen molar-refractivity contribution >= 4 is 0 Å². The van der Waals surface area contributed by atoms with Crippen molar-refractivity contribution in [1.29, 1.82) is 0 Å². The van der Waals surface area contributed by atoms with Crippen molar-refractivity contribution < 1.29 is 0 Å². The third-order valence-electron chi connectivity index (χ3n) is 1.43. The van der Waals surface area contributed by atoms with E-state index in [0.29, 0.717) is 6.54 Å². The summed E-state index contributed by atoms with van der Waals surface area (Å²) in [5, 5.41) is 0. The molecule has 0 aliphatic rings. The first kappa shape index (κ1) is 8.88. The van der Waals surface area contributed by atoms with Gasteiger partial charge in [-0.3, -0.25) is 0 Å². The summed E-state index contributed by atoms with van der Waals surface area (Å²) in [6.07, 6.45) is 1.82. The van der Waals surface area contributed by atoms with Gasteiger partial charge in [0.1, 0.15) is 0 Å². The molecule has 3 heteroatoms. The van der Waals surface area contributed by atoms with E-state index in [9.17, 15) is 0 Å². The van der Waals surface area contributed by atoms with Crippen molar-refractivity contribution in [2.45, 2.75) is 31.8 Å². The molecule has 56 valence electrons. The molecule has 0 saturated carbocycles. The van der Waals surface area contributed by atoms with Crippen LogP contribution < -0.4 is 17.2 Å². The molecule has 2 unspecified atom stereocenters. The molecule has 2 atom stereocenters. The van der Waals surface area contributed by atoms with Crippen molar-refractivity contribution in [2.24, 2.45) is 17.2 Å². The van der Waals surface area contributed by atoms with Gasteiger partial charge in [0, 0.05) is 18.6 Å². The molecular formula is C6H17N3. The van der Waals surface area contributed by atoms with E-state index in [1.54, 1.807) is 0 Å². The SMILES string of the molecule is CCC(N)CC(N)CN. The molecule has 0 aliphatic heterocycles. The zero-order valence-corrected chi connectivity index (χ0v) is 6.01. The minimum atomic E-state index is 0.0833. The lowest BCUT2D eigenvalue weighted by Gasteiger charge is -2.12. The van der Waals surface area contributed by atoms with Crippen molar-refractivity contribution in [1.82, 2.24) is 0 Å². The molecule has 0 aromatic carbocycles. The van der Waals surface area contributed by atoms with E-state index in [4.69, 9.17) is 17.2 Å². The standard InChI is InChI=1S/C6H17N3/c1-2-5(8)3-6(9)4-7/h5-6H,2-4,7-9H2,1H3. The van der Waals surface area contributed by atoms with Crippen LogP contribution in [0, 0.1) is 0 Å². The van der Waals surface area contributed by atoms with E-state index in [2.05, 4.69) is 0 Å². The van der Waals surface area contributed by atoms with Crippen LogP contribution in [0.5, 0.6) is 0 Å². The van der Waals surface area contributed by atoms with Crippen molar-refractivity contribution in [3.8, 4) is 0 Å². The Morgan fingerprint density at radius 3 is 2.11 bits per heavy atom. The van der Waals surface area contributed by atoms with E-state index in [-0.39, 0.29) is 12.1 Å². The second kappa shape index (κ2) is 4.73. The Balaban J connectivity index is 3.22. The molecule has 6 N–H and O–H groups in total. The Bertz CT molecular complexity index is 57.3. The zero-order chi connectivity index (χ0) is 7.28. The molecule has 0 saturated heterocycles. The van der Waals surface area contributed by atoms with E-state index < -0.39 is 0 Å². The maximum atomic E-state index is 5.61. The van der Waals surface area contributed by atoms with Gasteiger partial charge in [0.2, 0.25) is 0 Å². The van der Waals surface area contributed by atoms with Crippen LogP contribution in [0.3, 0.4) is 0 Å². The molecule has 0 amide bonds. The minimum Gasteiger partial charge on any atom is -0.329 e. The predicted octanol–water partition coefficient (Wildman–Crippen LogP) is -0.600. The summed E-state index contributed by atoms with van der Waals surface area (Å²) < 4.78 is 0. The molecule has 0 radical (unpaired) electrons. The Morgan fingerprint density at radius 1 is 1.22 bits per heavy atom. The quantitative estimate of drug-likeness (QED) is 0.476. The molecule has 0 rings (SSSR count). The number of hydrogen-bond donors (Lipinski definition) is 3. The first-order valence-corrected chi connectivity index (χ1v) is 3.42. The van der Waals surface area contributed by atoms with Crippen LogP contribution in [0.15, 0.2) is 0 Å². The first-order valence-electron chi connectivity index (χ1n) is 3.42. The smallest absolute Gasteiger partial charge is 0.0177 e. The normalized spacial score (nSPS) is 17.3. The fraction of sp³-hybridized carbons (Fsp3) is 1.00. The first-order chi connectivity index (χ1) is 4.20. The van der Waals surface area contributed by atoms with Crippen LogP contribution in [-0.4, -0.2) is 18.6 Å². The molecule has 3 nitrogen and oxygen atoms in total. The molecule has 0 fully saturated rings. The fourth-order valence-corrected chi connectivity index (χ4v) is 0.652. The lowest BCUT2D eigenvalue weighted by Crippen LogP contribution is -2.36. The number of hydrogen-bond acceptors (Lipinski definition) is 3. The molecule has 0 aromatic heterocycles. The largest absolute Gasteiger partial charge is 0.329 e. The van der Waals surface area contributed by atoms with Crippen LogP contribution >= 0.6 is 0 Å². The van der Waals surface area contributed by atoms with Gasteiger partial charge >= 0.3 is 0 Å². The molecule has 0 aromatic rings. The Labute approximate surface area is 56.6 Å². The maximum absolute atomic E-state index is 5.61. The van der Waals surface area contributed by atoms with Crippen LogP contribution in [0.2, 0.25) is 0 Å². The van der Waals surface area contributed by atoms with Crippen LogP contribution in [0.1, 0.15) is 19.8 Å². The van der Waals surface area contributed by atoms with Crippen molar-refractivity contribution in [3.05, 3.63) is 0 Å². The summed E-state index contributed by atoms with van der Waals surface area (Å²) in [4.78, 5) is 0. The molecule has 9 heavy (non-hydrogen) atoms. The second-order valence-corrected chi connectivity index (χ2v) is 2.40. The topological polar surface area (TPSA) is 78.1 Å². The van der Waals surface area contributed by atoms with E-state index >= 15 is 0 Å². The summed E-state index contributed by atoms with van der Waals surface area (Å²) in [6, 6.07) is 0.309. The molecule has 0 heterocycles. The van der Waals surface area contributed by atoms with Gasteiger partial charge in [-0.05, 0) is 12.8 Å². The van der Waals surface area contributed by atoms with Gasteiger partial charge in [-0.15, -0.1) is 0 Å². The molecule has 0 aliphatic carbocycles. The highest BCUT2D eigenvalue weighted by Gasteiger charge is 2.04. The van der Waals surface area contributed by atoms with Gasteiger partial charge in [-0.25, -0.2) is 0 Å².